The number of ether oxygens (including phenoxy) is 2. The average Bonchev–Trinajstić information content (AvgIpc) is 3.28. The molecule has 8 heteroatoms. The van der Waals surface area contributed by atoms with Crippen molar-refractivity contribution in [3.63, 3.8) is 0 Å². The van der Waals surface area contributed by atoms with Gasteiger partial charge in [0.2, 0.25) is 10.0 Å². The van der Waals surface area contributed by atoms with E-state index in [0.29, 0.717) is 36.9 Å². The van der Waals surface area contributed by atoms with Gasteiger partial charge in [0.15, 0.2) is 0 Å². The van der Waals surface area contributed by atoms with Crippen LogP contribution in [0.15, 0.2) is 60.0 Å². The molecule has 154 valence electrons. The highest BCUT2D eigenvalue weighted by molar-refractivity contribution is 7.89. The van der Waals surface area contributed by atoms with Crippen molar-refractivity contribution in [3.8, 4) is 11.5 Å². The van der Waals surface area contributed by atoms with Crippen molar-refractivity contribution in [2.24, 2.45) is 0 Å². The smallest absolute Gasteiger partial charge is 0.259 e. The Hall–Kier alpha value is -2.84. The first-order valence-electron chi connectivity index (χ1n) is 9.29. The van der Waals surface area contributed by atoms with E-state index < -0.39 is 15.9 Å². The Labute approximate surface area is 171 Å². The highest BCUT2D eigenvalue weighted by Gasteiger charge is 2.28. The molecule has 1 aliphatic rings. The van der Waals surface area contributed by atoms with E-state index in [1.807, 2.05) is 0 Å². The molecule has 1 heterocycles. The predicted octanol–water partition coefficient (Wildman–Crippen LogP) is 3.30. The number of hydrogen-bond donors (Lipinski definition) is 1. The molecule has 1 saturated heterocycles. The van der Waals surface area contributed by atoms with Crippen LogP contribution in [0.2, 0.25) is 0 Å². The Morgan fingerprint density at radius 2 is 1.86 bits per heavy atom. The first-order valence-corrected chi connectivity index (χ1v) is 10.7. The third kappa shape index (κ3) is 4.78. The summed E-state index contributed by atoms with van der Waals surface area (Å²) in [4.78, 5) is 12.9. The minimum Gasteiger partial charge on any atom is -0.496 e. The maximum Gasteiger partial charge on any atom is 0.259 e. The quantitative estimate of drug-likeness (QED) is 0.668. The molecule has 7 nitrogen and oxygen atoms in total. The molecule has 29 heavy (non-hydrogen) atoms. The molecule has 0 aliphatic carbocycles. The summed E-state index contributed by atoms with van der Waals surface area (Å²) in [7, 11) is -2.20. The molecule has 0 saturated carbocycles. The summed E-state index contributed by atoms with van der Waals surface area (Å²) in [6.45, 7) is 4.97. The second-order valence-corrected chi connectivity index (χ2v) is 8.49. The molecule has 1 N–H and O–H groups in total. The van der Waals surface area contributed by atoms with E-state index in [2.05, 4.69) is 11.9 Å². The molecule has 1 fully saturated rings. The van der Waals surface area contributed by atoms with E-state index in [-0.39, 0.29) is 10.5 Å². The number of methoxy groups -OCH3 is 1. The van der Waals surface area contributed by atoms with Crippen molar-refractivity contribution in [1.82, 2.24) is 4.31 Å². The summed E-state index contributed by atoms with van der Waals surface area (Å²) < 4.78 is 37.8. The minimum absolute atomic E-state index is 0.0820. The van der Waals surface area contributed by atoms with Gasteiger partial charge in [-0.05, 0) is 55.3 Å². The van der Waals surface area contributed by atoms with Gasteiger partial charge in [0.1, 0.15) is 18.1 Å². The molecule has 0 unspecified atom stereocenters. The van der Waals surface area contributed by atoms with Crippen LogP contribution in [-0.2, 0) is 10.0 Å². The van der Waals surface area contributed by atoms with Gasteiger partial charge in [0.25, 0.3) is 5.91 Å². The Bertz CT molecular complexity index is 981. The van der Waals surface area contributed by atoms with E-state index in [1.165, 1.54) is 29.6 Å². The summed E-state index contributed by atoms with van der Waals surface area (Å²) in [5.41, 5.74) is 0.704. The van der Waals surface area contributed by atoms with Crippen LogP contribution in [0.25, 0.3) is 0 Å². The Morgan fingerprint density at radius 1 is 1.17 bits per heavy atom. The lowest BCUT2D eigenvalue weighted by atomic mass is 10.2. The third-order valence-corrected chi connectivity index (χ3v) is 6.49. The topological polar surface area (TPSA) is 84.9 Å². The third-order valence-electron chi connectivity index (χ3n) is 4.60. The van der Waals surface area contributed by atoms with Crippen LogP contribution in [0.4, 0.5) is 5.69 Å². The van der Waals surface area contributed by atoms with Gasteiger partial charge < -0.3 is 14.8 Å². The van der Waals surface area contributed by atoms with Crippen molar-refractivity contribution in [2.45, 2.75) is 17.7 Å². The van der Waals surface area contributed by atoms with E-state index >= 15 is 0 Å². The fourth-order valence-electron chi connectivity index (χ4n) is 3.09. The first kappa shape index (κ1) is 20.9. The van der Waals surface area contributed by atoms with Crippen LogP contribution in [-0.4, -0.2) is 45.4 Å². The van der Waals surface area contributed by atoms with Gasteiger partial charge in [-0.25, -0.2) is 8.42 Å². The summed E-state index contributed by atoms with van der Waals surface area (Å²) in [5.74, 6) is 0.494. The van der Waals surface area contributed by atoms with Crippen LogP contribution in [0.3, 0.4) is 0 Å². The monoisotopic (exact) mass is 416 g/mol. The van der Waals surface area contributed by atoms with E-state index in [1.54, 1.807) is 30.3 Å². The molecular formula is C21H24N2O5S. The zero-order chi connectivity index (χ0) is 20.9. The van der Waals surface area contributed by atoms with Gasteiger partial charge in [0, 0.05) is 18.8 Å². The van der Waals surface area contributed by atoms with Crippen LogP contribution >= 0.6 is 0 Å². The molecule has 0 spiro atoms. The molecule has 2 aromatic rings. The van der Waals surface area contributed by atoms with Gasteiger partial charge in [-0.3, -0.25) is 4.79 Å². The first-order chi connectivity index (χ1) is 14.0. The van der Waals surface area contributed by atoms with Crippen molar-refractivity contribution in [3.05, 3.63) is 60.7 Å². The van der Waals surface area contributed by atoms with Gasteiger partial charge in [0.05, 0.1) is 17.6 Å². The van der Waals surface area contributed by atoms with E-state index in [4.69, 9.17) is 9.47 Å². The summed E-state index contributed by atoms with van der Waals surface area (Å²) in [5, 5.41) is 2.76. The van der Waals surface area contributed by atoms with Gasteiger partial charge in [-0.15, -0.1) is 0 Å². The fourth-order valence-corrected chi connectivity index (χ4v) is 4.63. The maximum absolute atomic E-state index is 12.8. The Morgan fingerprint density at radius 3 is 2.48 bits per heavy atom. The number of anilines is 1. The van der Waals surface area contributed by atoms with Gasteiger partial charge in [-0.1, -0.05) is 12.7 Å². The summed E-state index contributed by atoms with van der Waals surface area (Å²) >= 11 is 0. The molecule has 0 bridgehead atoms. The van der Waals surface area contributed by atoms with Gasteiger partial charge in [-0.2, -0.15) is 4.31 Å². The van der Waals surface area contributed by atoms with E-state index in [0.717, 1.165) is 12.8 Å². The lowest BCUT2D eigenvalue weighted by molar-refractivity contribution is 0.102. The number of benzene rings is 2. The Balaban J connectivity index is 1.82. The van der Waals surface area contributed by atoms with Crippen molar-refractivity contribution in [2.75, 3.05) is 32.1 Å². The molecule has 0 atom stereocenters. The molecule has 1 amide bonds. The normalized spacial score (nSPS) is 14.4. The van der Waals surface area contributed by atoms with Crippen molar-refractivity contribution in [1.29, 1.82) is 0 Å². The van der Waals surface area contributed by atoms with E-state index in [9.17, 15) is 13.2 Å². The zero-order valence-corrected chi connectivity index (χ0v) is 17.1. The van der Waals surface area contributed by atoms with Crippen LogP contribution < -0.4 is 14.8 Å². The molecule has 0 aromatic heterocycles. The Kier molecular flexibility index (Phi) is 6.56. The molecular weight excluding hydrogens is 392 g/mol. The fraction of sp³-hybridized carbons (Fsp3) is 0.286. The number of carbonyl (C=O) groups is 1. The lowest BCUT2D eigenvalue weighted by Crippen LogP contribution is -2.28. The van der Waals surface area contributed by atoms with Crippen molar-refractivity contribution < 1.29 is 22.7 Å². The number of amides is 1. The minimum atomic E-state index is -3.63. The zero-order valence-electron chi connectivity index (χ0n) is 16.3. The second-order valence-electron chi connectivity index (χ2n) is 6.55. The number of nitrogens with one attached hydrogen (secondary N) is 1. The number of sulfonamides is 1. The molecule has 1 aliphatic heterocycles. The molecule has 0 radical (unpaired) electrons. The summed E-state index contributed by atoms with van der Waals surface area (Å²) in [6.07, 6.45) is 3.33. The second kappa shape index (κ2) is 9.11. The van der Waals surface area contributed by atoms with Crippen molar-refractivity contribution >= 4 is 21.6 Å². The van der Waals surface area contributed by atoms with Crippen LogP contribution in [0.5, 0.6) is 11.5 Å². The molecule has 3 rings (SSSR count). The average molecular weight is 416 g/mol. The van der Waals surface area contributed by atoms with Crippen LogP contribution in [0, 0.1) is 0 Å². The lowest BCUT2D eigenvalue weighted by Gasteiger charge is -2.17. The maximum atomic E-state index is 12.8. The highest BCUT2D eigenvalue weighted by atomic mass is 32.2. The van der Waals surface area contributed by atoms with Crippen LogP contribution in [0.1, 0.15) is 23.2 Å². The standard InChI is InChI=1S/C21H24N2O5S/c1-3-14-28-17-8-6-16(7-9-17)22-21(24)19-15-18(10-11-20(19)27-2)29(25,26)23-12-4-5-13-23/h3,6-11,15H,1,4-5,12-14H2,2H3,(H,22,24). The number of rotatable bonds is 8. The number of hydrogen-bond acceptors (Lipinski definition) is 5. The summed E-state index contributed by atoms with van der Waals surface area (Å²) in [6, 6.07) is 11.2. The SMILES string of the molecule is C=CCOc1ccc(NC(=O)c2cc(S(=O)(=O)N3CCCC3)ccc2OC)cc1. The molecule has 2 aromatic carbocycles. The predicted molar refractivity (Wildman–Crippen MR) is 111 cm³/mol. The van der Waals surface area contributed by atoms with Gasteiger partial charge >= 0.3 is 0 Å². The number of nitrogens with zero attached hydrogens (tertiary/aromatic N) is 1. The largest absolute Gasteiger partial charge is 0.496 e. The number of carbonyl (C=O) groups excluding carboxylic acids is 1. The highest BCUT2D eigenvalue weighted by Crippen LogP contribution is 2.27.